The maximum absolute atomic E-state index is 13.0. The van der Waals surface area contributed by atoms with Crippen LogP contribution in [-0.4, -0.2) is 22.1 Å². The number of rotatable bonds is 4. The molecule has 0 spiro atoms. The number of aromatic amines is 1. The van der Waals surface area contributed by atoms with Crippen molar-refractivity contribution in [2.24, 2.45) is 0 Å². The Balaban J connectivity index is 1.89. The minimum absolute atomic E-state index is 0.334. The zero-order chi connectivity index (χ0) is 15.2. The lowest BCUT2D eigenvalue weighted by Crippen LogP contribution is -2.41. The number of amides is 1. The Hall–Kier alpha value is -2.70. The van der Waals surface area contributed by atoms with E-state index in [2.05, 4.69) is 5.32 Å². The van der Waals surface area contributed by atoms with Crippen LogP contribution in [0.3, 0.4) is 0 Å². The van der Waals surface area contributed by atoms with Crippen molar-refractivity contribution in [3.05, 3.63) is 68.7 Å². The van der Waals surface area contributed by atoms with Crippen molar-refractivity contribution < 1.29 is 9.18 Å². The monoisotopic (exact) mass is 291 g/mol. The maximum Gasteiger partial charge on any atom is 0.336 e. The second kappa shape index (κ2) is 6.65. The molecule has 2 aromatic rings. The van der Waals surface area contributed by atoms with Gasteiger partial charge in [-0.25, -0.2) is 14.2 Å². The molecule has 0 fully saturated rings. The number of aryl methyl sites for hydroxylation is 1. The second-order valence-corrected chi connectivity index (χ2v) is 4.43. The van der Waals surface area contributed by atoms with E-state index in [0.717, 1.165) is 12.0 Å². The van der Waals surface area contributed by atoms with Crippen LogP contribution in [0.2, 0.25) is 0 Å². The smallest absolute Gasteiger partial charge is 0.336 e. The highest BCUT2D eigenvalue weighted by atomic mass is 19.1. The predicted molar refractivity (Wildman–Crippen MR) is 74.8 cm³/mol. The molecule has 0 bridgehead atoms. The molecular formula is C14H14FN3O3. The van der Waals surface area contributed by atoms with E-state index in [9.17, 15) is 18.8 Å². The van der Waals surface area contributed by atoms with Crippen molar-refractivity contribution in [3.63, 3.8) is 0 Å². The molecule has 1 heterocycles. The van der Waals surface area contributed by atoms with Gasteiger partial charge in [-0.3, -0.25) is 9.78 Å². The Morgan fingerprint density at radius 1 is 1.24 bits per heavy atom. The molecule has 2 rings (SSSR count). The number of H-pyrrole nitrogens is 1. The fourth-order valence-electron chi connectivity index (χ4n) is 1.82. The van der Waals surface area contributed by atoms with Crippen molar-refractivity contribution in [2.75, 3.05) is 6.54 Å². The molecule has 110 valence electrons. The number of hydrogen-bond acceptors (Lipinski definition) is 3. The number of carbonyl (C=O) groups is 1. The van der Waals surface area contributed by atoms with Crippen molar-refractivity contribution in [1.82, 2.24) is 14.9 Å². The topological polar surface area (TPSA) is 84.0 Å². The van der Waals surface area contributed by atoms with Gasteiger partial charge in [0.05, 0.1) is 6.20 Å². The highest BCUT2D eigenvalue weighted by Gasteiger charge is 2.10. The molecule has 2 N–H and O–H groups in total. The van der Waals surface area contributed by atoms with Crippen molar-refractivity contribution in [3.8, 4) is 0 Å². The summed E-state index contributed by atoms with van der Waals surface area (Å²) in [6.07, 6.45) is 2.03. The van der Waals surface area contributed by atoms with Gasteiger partial charge in [0.25, 0.3) is 5.56 Å². The van der Waals surface area contributed by atoms with Crippen LogP contribution in [0.15, 0.2) is 46.1 Å². The first-order valence-electron chi connectivity index (χ1n) is 6.41. The molecule has 1 aromatic heterocycles. The number of benzene rings is 1. The van der Waals surface area contributed by atoms with Crippen LogP contribution in [-0.2, 0) is 6.42 Å². The molecule has 0 aliphatic carbocycles. The first kappa shape index (κ1) is 14.7. The van der Waals surface area contributed by atoms with Crippen molar-refractivity contribution in [1.29, 1.82) is 0 Å². The van der Waals surface area contributed by atoms with E-state index in [1.165, 1.54) is 0 Å². The molecular weight excluding hydrogens is 277 g/mol. The summed E-state index contributed by atoms with van der Waals surface area (Å²) in [6.45, 7) is 0.334. The first-order chi connectivity index (χ1) is 10.1. The average Bonchev–Trinajstić information content (AvgIpc) is 2.48. The molecule has 0 atom stereocenters. The van der Waals surface area contributed by atoms with Gasteiger partial charge in [-0.15, -0.1) is 0 Å². The Labute approximate surface area is 119 Å². The van der Waals surface area contributed by atoms with Crippen LogP contribution >= 0.6 is 0 Å². The van der Waals surface area contributed by atoms with Gasteiger partial charge in [0.2, 0.25) is 5.82 Å². The summed E-state index contributed by atoms with van der Waals surface area (Å²) in [6, 6.07) is 8.95. The standard InChI is InChI=1S/C14H14FN3O3/c15-11-9-18(14(21)17-12(11)19)13(20)16-8-4-7-10-5-2-1-3-6-10/h1-3,5-6,9H,4,7-8H2,(H,16,20)(H,17,19,21). The molecule has 0 aliphatic heterocycles. The summed E-state index contributed by atoms with van der Waals surface area (Å²) in [5, 5.41) is 2.49. The quantitative estimate of drug-likeness (QED) is 0.820. The molecule has 1 aromatic carbocycles. The number of nitrogens with zero attached hydrogens (tertiary/aromatic N) is 1. The number of halogens is 1. The molecule has 1 amide bonds. The SMILES string of the molecule is O=C(NCCCc1ccccc1)n1cc(F)c(=O)[nH]c1=O. The summed E-state index contributed by atoms with van der Waals surface area (Å²) in [5.41, 5.74) is -0.978. The highest BCUT2D eigenvalue weighted by Crippen LogP contribution is 2.01. The molecule has 0 unspecified atom stereocenters. The van der Waals surface area contributed by atoms with Crippen LogP contribution < -0.4 is 16.6 Å². The Bertz CT molecular complexity index is 737. The lowest BCUT2D eigenvalue weighted by molar-refractivity contribution is 0.240. The van der Waals surface area contributed by atoms with E-state index in [-0.39, 0.29) is 0 Å². The summed E-state index contributed by atoms with van der Waals surface area (Å²) >= 11 is 0. The van der Waals surface area contributed by atoms with Gasteiger partial charge in [0.1, 0.15) is 0 Å². The van der Waals surface area contributed by atoms with Gasteiger partial charge in [0.15, 0.2) is 0 Å². The number of aromatic nitrogens is 2. The minimum Gasteiger partial charge on any atom is -0.337 e. The van der Waals surface area contributed by atoms with Gasteiger partial charge in [-0.05, 0) is 18.4 Å². The normalized spacial score (nSPS) is 10.3. The van der Waals surface area contributed by atoms with Gasteiger partial charge < -0.3 is 5.32 Å². The summed E-state index contributed by atoms with van der Waals surface area (Å²) in [5.74, 6) is -1.19. The lowest BCUT2D eigenvalue weighted by Gasteiger charge is -2.06. The Morgan fingerprint density at radius 2 is 1.95 bits per heavy atom. The fourth-order valence-corrected chi connectivity index (χ4v) is 1.82. The molecule has 21 heavy (non-hydrogen) atoms. The predicted octanol–water partition coefficient (Wildman–Crippen LogP) is 0.866. The largest absolute Gasteiger partial charge is 0.337 e. The van der Waals surface area contributed by atoms with Crippen LogP contribution in [0.5, 0.6) is 0 Å². The zero-order valence-electron chi connectivity index (χ0n) is 11.1. The molecule has 0 radical (unpaired) electrons. The summed E-state index contributed by atoms with van der Waals surface area (Å²) < 4.78 is 13.5. The van der Waals surface area contributed by atoms with E-state index in [4.69, 9.17) is 0 Å². The molecule has 6 nitrogen and oxygen atoms in total. The number of hydrogen-bond donors (Lipinski definition) is 2. The van der Waals surface area contributed by atoms with E-state index in [1.807, 2.05) is 30.3 Å². The third kappa shape index (κ3) is 3.88. The molecule has 7 heteroatoms. The third-order valence-electron chi connectivity index (χ3n) is 2.88. The summed E-state index contributed by atoms with van der Waals surface area (Å²) in [4.78, 5) is 35.6. The van der Waals surface area contributed by atoms with Crippen LogP contribution in [0.1, 0.15) is 12.0 Å². The fraction of sp³-hybridized carbons (Fsp3) is 0.214. The van der Waals surface area contributed by atoms with Crippen molar-refractivity contribution in [2.45, 2.75) is 12.8 Å². The first-order valence-corrected chi connectivity index (χ1v) is 6.41. The van der Waals surface area contributed by atoms with Gasteiger partial charge in [-0.2, -0.15) is 4.39 Å². The second-order valence-electron chi connectivity index (χ2n) is 4.43. The highest BCUT2D eigenvalue weighted by molar-refractivity contribution is 5.76. The van der Waals surface area contributed by atoms with Crippen LogP contribution in [0.4, 0.5) is 9.18 Å². The molecule has 0 aliphatic rings. The lowest BCUT2D eigenvalue weighted by atomic mass is 10.1. The Kier molecular flexibility index (Phi) is 4.65. The van der Waals surface area contributed by atoms with E-state index in [1.54, 1.807) is 4.98 Å². The van der Waals surface area contributed by atoms with Gasteiger partial charge in [0, 0.05) is 6.54 Å². The van der Waals surface area contributed by atoms with Crippen molar-refractivity contribution >= 4 is 6.03 Å². The number of carbonyl (C=O) groups excluding carboxylic acids is 1. The number of nitrogens with one attached hydrogen (secondary N) is 2. The zero-order valence-corrected chi connectivity index (χ0v) is 11.1. The van der Waals surface area contributed by atoms with Crippen LogP contribution in [0, 0.1) is 5.82 Å². The minimum atomic E-state index is -1.19. The third-order valence-corrected chi connectivity index (χ3v) is 2.88. The Morgan fingerprint density at radius 3 is 2.67 bits per heavy atom. The van der Waals surface area contributed by atoms with Gasteiger partial charge in [-0.1, -0.05) is 30.3 Å². The van der Waals surface area contributed by atoms with E-state index in [0.29, 0.717) is 23.7 Å². The average molecular weight is 291 g/mol. The van der Waals surface area contributed by atoms with E-state index < -0.39 is 23.1 Å². The van der Waals surface area contributed by atoms with Crippen LogP contribution in [0.25, 0.3) is 0 Å². The summed E-state index contributed by atoms with van der Waals surface area (Å²) in [7, 11) is 0. The van der Waals surface area contributed by atoms with Gasteiger partial charge >= 0.3 is 11.7 Å². The maximum atomic E-state index is 13.0. The molecule has 0 saturated carbocycles. The molecule has 0 saturated heterocycles. The van der Waals surface area contributed by atoms with E-state index >= 15 is 0 Å².